The molecule has 0 spiro atoms. The van der Waals surface area contributed by atoms with Gasteiger partial charge in [0.15, 0.2) is 6.04 Å². The second kappa shape index (κ2) is 5.38. The van der Waals surface area contributed by atoms with Crippen LogP contribution in [0.3, 0.4) is 0 Å². The van der Waals surface area contributed by atoms with Gasteiger partial charge in [0, 0.05) is 13.0 Å². The molecule has 1 fully saturated rings. The molecule has 0 aliphatic heterocycles. The first kappa shape index (κ1) is 15.3. The summed E-state index contributed by atoms with van der Waals surface area (Å²) >= 11 is 0. The lowest BCUT2D eigenvalue weighted by molar-refractivity contribution is -0.150. The van der Waals surface area contributed by atoms with Crippen molar-refractivity contribution in [3.8, 4) is 0 Å². The van der Waals surface area contributed by atoms with Crippen LogP contribution in [0.2, 0.25) is 0 Å². The van der Waals surface area contributed by atoms with Crippen molar-refractivity contribution in [2.75, 3.05) is 0 Å². The van der Waals surface area contributed by atoms with Crippen molar-refractivity contribution in [2.45, 2.75) is 38.0 Å². The summed E-state index contributed by atoms with van der Waals surface area (Å²) in [7, 11) is 0. The summed E-state index contributed by atoms with van der Waals surface area (Å²) in [5.41, 5.74) is -0.968. The number of benzene rings is 1. The SMILES string of the molecule is CC(=O)N(C1CC1)C(C(=O)O)c1cccc(C(F)(F)F)c1. The lowest BCUT2D eigenvalue weighted by atomic mass is 10.0. The maximum absolute atomic E-state index is 12.7. The standard InChI is InChI=1S/C14H14F3NO3/c1-8(19)18(11-5-6-11)12(13(20)21)9-3-2-4-10(7-9)14(15,16)17/h2-4,7,11-12H,5-6H2,1H3,(H,20,21). The van der Waals surface area contributed by atoms with E-state index < -0.39 is 29.7 Å². The Morgan fingerprint density at radius 3 is 2.38 bits per heavy atom. The Labute approximate surface area is 119 Å². The van der Waals surface area contributed by atoms with E-state index in [2.05, 4.69) is 0 Å². The van der Waals surface area contributed by atoms with E-state index in [0.29, 0.717) is 12.8 Å². The maximum atomic E-state index is 12.7. The summed E-state index contributed by atoms with van der Waals surface area (Å²) < 4.78 is 38.2. The van der Waals surface area contributed by atoms with Gasteiger partial charge in [-0.15, -0.1) is 0 Å². The zero-order valence-electron chi connectivity index (χ0n) is 11.2. The van der Waals surface area contributed by atoms with Gasteiger partial charge in [-0.3, -0.25) is 4.79 Å². The summed E-state index contributed by atoms with van der Waals surface area (Å²) in [6.07, 6.45) is -3.22. The average molecular weight is 301 g/mol. The molecule has 4 nitrogen and oxygen atoms in total. The number of amides is 1. The monoisotopic (exact) mass is 301 g/mol. The van der Waals surface area contributed by atoms with Crippen molar-refractivity contribution in [2.24, 2.45) is 0 Å². The minimum absolute atomic E-state index is 0.0422. The van der Waals surface area contributed by atoms with Gasteiger partial charge in [0.1, 0.15) is 0 Å². The van der Waals surface area contributed by atoms with E-state index >= 15 is 0 Å². The van der Waals surface area contributed by atoms with Gasteiger partial charge < -0.3 is 10.0 Å². The molecule has 1 aromatic carbocycles. The van der Waals surface area contributed by atoms with Crippen molar-refractivity contribution < 1.29 is 27.9 Å². The molecule has 7 heteroatoms. The van der Waals surface area contributed by atoms with Crippen LogP contribution >= 0.6 is 0 Å². The van der Waals surface area contributed by atoms with Crippen LogP contribution < -0.4 is 0 Å². The third-order valence-corrected chi connectivity index (χ3v) is 3.35. The number of halogens is 3. The van der Waals surface area contributed by atoms with Gasteiger partial charge in [0.05, 0.1) is 5.56 Å². The molecule has 1 aliphatic carbocycles. The van der Waals surface area contributed by atoms with Gasteiger partial charge in [-0.1, -0.05) is 12.1 Å². The summed E-state index contributed by atoms with van der Waals surface area (Å²) in [6.45, 7) is 1.22. The number of carboxylic acid groups (broad SMARTS) is 1. The van der Waals surface area contributed by atoms with E-state index in [1.54, 1.807) is 0 Å². The zero-order chi connectivity index (χ0) is 15.8. The Hall–Kier alpha value is -2.05. The molecule has 1 N–H and O–H groups in total. The van der Waals surface area contributed by atoms with Crippen LogP contribution in [0.4, 0.5) is 13.2 Å². The van der Waals surface area contributed by atoms with Gasteiger partial charge in [-0.05, 0) is 30.5 Å². The van der Waals surface area contributed by atoms with E-state index in [1.807, 2.05) is 0 Å². The van der Waals surface area contributed by atoms with Gasteiger partial charge in [0.2, 0.25) is 5.91 Å². The van der Waals surface area contributed by atoms with E-state index in [9.17, 15) is 27.9 Å². The first-order chi connectivity index (χ1) is 9.71. The van der Waals surface area contributed by atoms with Crippen LogP contribution in [0.1, 0.15) is 36.9 Å². The van der Waals surface area contributed by atoms with Gasteiger partial charge >= 0.3 is 12.1 Å². The molecule has 1 atom stereocenters. The first-order valence-corrected chi connectivity index (χ1v) is 6.40. The van der Waals surface area contributed by atoms with Crippen molar-refractivity contribution in [1.29, 1.82) is 0 Å². The molecule has 1 aliphatic rings. The fourth-order valence-corrected chi connectivity index (χ4v) is 2.31. The molecule has 1 saturated carbocycles. The molecule has 0 aromatic heterocycles. The number of hydrogen-bond acceptors (Lipinski definition) is 2. The summed E-state index contributed by atoms with van der Waals surface area (Å²) in [4.78, 5) is 24.3. The molecule has 0 heterocycles. The fourth-order valence-electron chi connectivity index (χ4n) is 2.31. The third kappa shape index (κ3) is 3.34. The predicted octanol–water partition coefficient (Wildman–Crippen LogP) is 2.84. The van der Waals surface area contributed by atoms with Crippen LogP contribution in [-0.2, 0) is 15.8 Å². The minimum atomic E-state index is -4.56. The molecule has 1 unspecified atom stereocenters. The lowest BCUT2D eigenvalue weighted by Crippen LogP contribution is -2.39. The molecule has 0 saturated heterocycles. The molecule has 1 aromatic rings. The molecule has 21 heavy (non-hydrogen) atoms. The van der Waals surface area contributed by atoms with Gasteiger partial charge in [0.25, 0.3) is 0 Å². The molecular formula is C14H14F3NO3. The Kier molecular flexibility index (Phi) is 3.93. The Morgan fingerprint density at radius 1 is 1.33 bits per heavy atom. The van der Waals surface area contributed by atoms with E-state index in [4.69, 9.17) is 0 Å². The first-order valence-electron chi connectivity index (χ1n) is 6.40. The number of rotatable bonds is 4. The van der Waals surface area contributed by atoms with Crippen molar-refractivity contribution in [3.63, 3.8) is 0 Å². The molecule has 0 bridgehead atoms. The second-order valence-corrected chi connectivity index (χ2v) is 5.02. The molecular weight excluding hydrogens is 287 g/mol. The van der Waals surface area contributed by atoms with Crippen LogP contribution in [0.15, 0.2) is 24.3 Å². The smallest absolute Gasteiger partial charge is 0.416 e. The maximum Gasteiger partial charge on any atom is 0.416 e. The van der Waals surface area contributed by atoms with Crippen LogP contribution in [0, 0.1) is 0 Å². The van der Waals surface area contributed by atoms with Crippen molar-refractivity contribution >= 4 is 11.9 Å². The van der Waals surface area contributed by atoms with Crippen LogP contribution in [0.5, 0.6) is 0 Å². The van der Waals surface area contributed by atoms with Crippen molar-refractivity contribution in [3.05, 3.63) is 35.4 Å². The second-order valence-electron chi connectivity index (χ2n) is 5.02. The quantitative estimate of drug-likeness (QED) is 0.930. The topological polar surface area (TPSA) is 57.6 Å². The highest BCUT2D eigenvalue weighted by molar-refractivity contribution is 5.84. The number of hydrogen-bond donors (Lipinski definition) is 1. The minimum Gasteiger partial charge on any atom is -0.479 e. The van der Waals surface area contributed by atoms with Gasteiger partial charge in [-0.25, -0.2) is 4.79 Å². The Morgan fingerprint density at radius 2 is 1.95 bits per heavy atom. The molecule has 0 radical (unpaired) electrons. The van der Waals surface area contributed by atoms with Gasteiger partial charge in [-0.2, -0.15) is 13.2 Å². The van der Waals surface area contributed by atoms with Crippen molar-refractivity contribution in [1.82, 2.24) is 4.90 Å². The lowest BCUT2D eigenvalue weighted by Gasteiger charge is -2.28. The number of aliphatic carboxylic acids is 1. The third-order valence-electron chi connectivity index (χ3n) is 3.35. The summed E-state index contributed by atoms with van der Waals surface area (Å²) in [6, 6.07) is 2.51. The van der Waals surface area contributed by atoms with E-state index in [1.165, 1.54) is 13.0 Å². The molecule has 114 valence electrons. The van der Waals surface area contributed by atoms with E-state index in [0.717, 1.165) is 23.1 Å². The normalized spacial score (nSPS) is 16.4. The van der Waals surface area contributed by atoms with E-state index in [-0.39, 0.29) is 11.6 Å². The average Bonchev–Trinajstić information content (AvgIpc) is 3.18. The number of carbonyl (C=O) groups excluding carboxylic acids is 1. The Bertz CT molecular complexity index is 567. The highest BCUT2D eigenvalue weighted by Gasteiger charge is 2.40. The van der Waals surface area contributed by atoms with Crippen LogP contribution in [-0.4, -0.2) is 27.9 Å². The zero-order valence-corrected chi connectivity index (χ0v) is 11.2. The number of carbonyl (C=O) groups is 2. The highest BCUT2D eigenvalue weighted by atomic mass is 19.4. The molecule has 2 rings (SSSR count). The Balaban J connectivity index is 2.43. The largest absolute Gasteiger partial charge is 0.479 e. The number of alkyl halides is 3. The summed E-state index contributed by atoms with van der Waals surface area (Å²) in [5.74, 6) is -1.79. The fraction of sp³-hybridized carbons (Fsp3) is 0.429. The molecule has 1 amide bonds. The highest BCUT2D eigenvalue weighted by Crippen LogP contribution is 2.37. The summed E-state index contributed by atoms with van der Waals surface area (Å²) in [5, 5.41) is 9.34. The van der Waals surface area contributed by atoms with Crippen LogP contribution in [0.25, 0.3) is 0 Å². The number of nitrogens with zero attached hydrogens (tertiary/aromatic N) is 1. The number of carboxylic acids is 1. The predicted molar refractivity (Wildman–Crippen MR) is 67.4 cm³/mol.